The van der Waals surface area contributed by atoms with Gasteiger partial charge in [-0.05, 0) is 24.6 Å². The summed E-state index contributed by atoms with van der Waals surface area (Å²) in [7, 11) is 5.01. The van der Waals surface area contributed by atoms with Crippen LogP contribution in [0.15, 0.2) is 18.2 Å². The molecule has 1 atom stereocenters. The van der Waals surface area contributed by atoms with Crippen LogP contribution >= 0.6 is 11.6 Å². The summed E-state index contributed by atoms with van der Waals surface area (Å²) in [6.07, 6.45) is 1.12. The number of carbonyl (C=O) groups is 2. The molecule has 0 saturated carbocycles. The van der Waals surface area contributed by atoms with Crippen molar-refractivity contribution in [3.8, 4) is 5.75 Å². The average Bonchev–Trinajstić information content (AvgIpc) is 3.02. The fourth-order valence-electron chi connectivity index (χ4n) is 2.75. The lowest BCUT2D eigenvalue weighted by Crippen LogP contribution is -2.44. The number of methoxy groups -OCH3 is 1. The smallest absolute Gasteiger partial charge is 0.315 e. The van der Waals surface area contributed by atoms with E-state index >= 15 is 0 Å². The molecule has 0 bridgehead atoms. The fraction of sp³-hybridized carbons (Fsp3) is 0.529. The summed E-state index contributed by atoms with van der Waals surface area (Å²) in [5.74, 6) is 0.747. The molecule has 138 valence electrons. The Labute approximate surface area is 153 Å². The summed E-state index contributed by atoms with van der Waals surface area (Å²) >= 11 is 6.08. The van der Waals surface area contributed by atoms with Gasteiger partial charge >= 0.3 is 6.03 Å². The molecule has 7 nitrogen and oxygen atoms in total. The lowest BCUT2D eigenvalue weighted by molar-refractivity contribution is -0.128. The van der Waals surface area contributed by atoms with Crippen molar-refractivity contribution >= 4 is 29.2 Å². The van der Waals surface area contributed by atoms with Gasteiger partial charge in [0.05, 0.1) is 12.8 Å². The maximum atomic E-state index is 12.0. The zero-order valence-corrected chi connectivity index (χ0v) is 15.6. The number of benzene rings is 1. The topological polar surface area (TPSA) is 73.9 Å². The molecule has 1 unspecified atom stereocenters. The second-order valence-corrected chi connectivity index (χ2v) is 6.62. The Morgan fingerprint density at radius 3 is 2.84 bits per heavy atom. The van der Waals surface area contributed by atoms with E-state index in [0.717, 1.165) is 24.4 Å². The second kappa shape index (κ2) is 8.80. The average molecular weight is 369 g/mol. The van der Waals surface area contributed by atoms with Crippen LogP contribution in [0.25, 0.3) is 0 Å². The van der Waals surface area contributed by atoms with E-state index in [1.165, 1.54) is 4.90 Å². The molecule has 8 heteroatoms. The Kier molecular flexibility index (Phi) is 6.75. The van der Waals surface area contributed by atoms with Crippen molar-refractivity contribution in [1.29, 1.82) is 0 Å². The van der Waals surface area contributed by atoms with Gasteiger partial charge < -0.3 is 25.2 Å². The van der Waals surface area contributed by atoms with Crippen LogP contribution in [0.1, 0.15) is 12.8 Å². The van der Waals surface area contributed by atoms with Gasteiger partial charge in [-0.2, -0.15) is 0 Å². The van der Waals surface area contributed by atoms with E-state index in [1.807, 2.05) is 12.1 Å². The Morgan fingerprint density at radius 2 is 2.16 bits per heavy atom. The number of carbonyl (C=O) groups excluding carboxylic acids is 2. The third-order valence-electron chi connectivity index (χ3n) is 4.13. The molecule has 1 fully saturated rings. The maximum absolute atomic E-state index is 12.0. The number of rotatable bonds is 6. The molecule has 1 aromatic rings. The Morgan fingerprint density at radius 1 is 1.40 bits per heavy atom. The highest BCUT2D eigenvalue weighted by molar-refractivity contribution is 6.30. The maximum Gasteiger partial charge on any atom is 0.315 e. The Bertz CT molecular complexity index is 624. The van der Waals surface area contributed by atoms with Gasteiger partial charge in [-0.25, -0.2) is 4.79 Å². The lowest BCUT2D eigenvalue weighted by Gasteiger charge is -2.22. The van der Waals surface area contributed by atoms with Gasteiger partial charge in [-0.1, -0.05) is 11.6 Å². The first-order chi connectivity index (χ1) is 11.9. The molecule has 3 amide bonds. The van der Waals surface area contributed by atoms with Gasteiger partial charge in [0.1, 0.15) is 5.75 Å². The van der Waals surface area contributed by atoms with Crippen molar-refractivity contribution in [3.05, 3.63) is 23.2 Å². The molecule has 0 spiro atoms. The monoisotopic (exact) mass is 368 g/mol. The number of nitrogens with one attached hydrogen (secondary N) is 2. The SMILES string of the molecule is COc1ccc(Cl)cc1N1CCC(NC(=O)NCCC(=O)N(C)C)C1. The molecule has 2 N–H and O–H groups in total. The molecule has 1 aromatic carbocycles. The highest BCUT2D eigenvalue weighted by atomic mass is 35.5. The second-order valence-electron chi connectivity index (χ2n) is 6.19. The van der Waals surface area contributed by atoms with E-state index in [2.05, 4.69) is 15.5 Å². The number of ether oxygens (including phenoxy) is 1. The first-order valence-electron chi connectivity index (χ1n) is 8.23. The van der Waals surface area contributed by atoms with Crippen LogP contribution in [0.3, 0.4) is 0 Å². The van der Waals surface area contributed by atoms with Gasteiger partial charge in [0.2, 0.25) is 5.91 Å². The highest BCUT2D eigenvalue weighted by Crippen LogP contribution is 2.33. The molecule has 1 aliphatic rings. The Hall–Kier alpha value is -2.15. The molecule has 0 aliphatic carbocycles. The molecule has 1 aliphatic heterocycles. The lowest BCUT2D eigenvalue weighted by atomic mass is 10.2. The van der Waals surface area contributed by atoms with E-state index in [0.29, 0.717) is 18.1 Å². The largest absolute Gasteiger partial charge is 0.495 e. The molecule has 0 aromatic heterocycles. The number of urea groups is 1. The highest BCUT2D eigenvalue weighted by Gasteiger charge is 2.26. The van der Waals surface area contributed by atoms with Gasteiger partial charge in [0.25, 0.3) is 0 Å². The minimum atomic E-state index is -0.253. The summed E-state index contributed by atoms with van der Waals surface area (Å²) in [5.41, 5.74) is 0.927. The number of amides is 3. The van der Waals surface area contributed by atoms with Crippen LogP contribution in [0, 0.1) is 0 Å². The van der Waals surface area contributed by atoms with Gasteiger partial charge in [0.15, 0.2) is 0 Å². The summed E-state index contributed by atoms with van der Waals surface area (Å²) in [6.45, 7) is 1.81. The van der Waals surface area contributed by atoms with E-state index in [4.69, 9.17) is 16.3 Å². The van der Waals surface area contributed by atoms with Gasteiger partial charge in [-0.15, -0.1) is 0 Å². The van der Waals surface area contributed by atoms with E-state index in [1.54, 1.807) is 27.3 Å². The standard InChI is InChI=1S/C17H25ClN4O3/c1-21(2)16(23)6-8-19-17(24)20-13-7-9-22(11-13)14-10-12(18)4-5-15(14)25-3/h4-5,10,13H,6-9,11H2,1-3H3,(H2,19,20,24). The van der Waals surface area contributed by atoms with E-state index < -0.39 is 0 Å². The molecule has 2 rings (SSSR count). The summed E-state index contributed by atoms with van der Waals surface area (Å²) in [6, 6.07) is 5.28. The molecular weight excluding hydrogens is 344 g/mol. The number of halogens is 1. The number of anilines is 1. The summed E-state index contributed by atoms with van der Waals surface area (Å²) < 4.78 is 5.39. The summed E-state index contributed by atoms with van der Waals surface area (Å²) in [5, 5.41) is 6.31. The van der Waals surface area contributed by atoms with Crippen molar-refractivity contribution in [1.82, 2.24) is 15.5 Å². The third-order valence-corrected chi connectivity index (χ3v) is 4.36. The van der Waals surface area contributed by atoms with Crippen LogP contribution in [0.2, 0.25) is 5.02 Å². The third kappa shape index (κ3) is 5.42. The number of hydrogen-bond donors (Lipinski definition) is 2. The van der Waals surface area contributed by atoms with Crippen LogP contribution in [-0.4, -0.2) is 63.7 Å². The predicted molar refractivity (Wildman–Crippen MR) is 98.5 cm³/mol. The first kappa shape index (κ1) is 19.2. The predicted octanol–water partition coefficient (Wildman–Crippen LogP) is 1.70. The van der Waals surface area contributed by atoms with Crippen molar-refractivity contribution in [2.24, 2.45) is 0 Å². The molecule has 1 saturated heterocycles. The molecule has 0 radical (unpaired) electrons. The van der Waals surface area contributed by atoms with Crippen LogP contribution in [0.4, 0.5) is 10.5 Å². The zero-order valence-electron chi connectivity index (χ0n) is 14.8. The quantitative estimate of drug-likeness (QED) is 0.801. The van der Waals surface area contributed by atoms with Crippen molar-refractivity contribution in [2.75, 3.05) is 45.7 Å². The van der Waals surface area contributed by atoms with E-state index in [-0.39, 0.29) is 24.4 Å². The van der Waals surface area contributed by atoms with Crippen LogP contribution < -0.4 is 20.3 Å². The zero-order chi connectivity index (χ0) is 18.4. The van der Waals surface area contributed by atoms with Crippen LogP contribution in [0.5, 0.6) is 5.75 Å². The fourth-order valence-corrected chi connectivity index (χ4v) is 2.92. The van der Waals surface area contributed by atoms with Gasteiger partial charge in [-0.3, -0.25) is 4.79 Å². The Balaban J connectivity index is 1.82. The minimum Gasteiger partial charge on any atom is -0.495 e. The van der Waals surface area contributed by atoms with Crippen LogP contribution in [-0.2, 0) is 4.79 Å². The number of nitrogens with zero attached hydrogens (tertiary/aromatic N) is 2. The summed E-state index contributed by atoms with van der Waals surface area (Å²) in [4.78, 5) is 27.1. The molecule has 1 heterocycles. The number of hydrogen-bond acceptors (Lipinski definition) is 4. The molecule has 25 heavy (non-hydrogen) atoms. The van der Waals surface area contributed by atoms with Crippen molar-refractivity contribution in [3.63, 3.8) is 0 Å². The normalized spacial score (nSPS) is 16.5. The first-order valence-corrected chi connectivity index (χ1v) is 8.61. The van der Waals surface area contributed by atoms with Crippen molar-refractivity contribution < 1.29 is 14.3 Å². The van der Waals surface area contributed by atoms with Gasteiger partial charge in [0, 0.05) is 51.2 Å². The minimum absolute atomic E-state index is 0.0135. The van der Waals surface area contributed by atoms with E-state index in [9.17, 15) is 9.59 Å². The van der Waals surface area contributed by atoms with Crippen molar-refractivity contribution in [2.45, 2.75) is 18.9 Å². The molecular formula is C17H25ClN4O3.